The summed E-state index contributed by atoms with van der Waals surface area (Å²) in [6.07, 6.45) is 2.69. The van der Waals surface area contributed by atoms with Gasteiger partial charge in [0.05, 0.1) is 7.11 Å². The SMILES string of the molecule is COc1ccc(C2CC(C(C)(C)C)C2)cc1. The Bertz CT molecular complexity index is 339. The average Bonchev–Trinajstić information content (AvgIpc) is 2.14. The first-order chi connectivity index (χ1) is 7.50. The lowest BCUT2D eigenvalue weighted by molar-refractivity contribution is 0.115. The lowest BCUT2D eigenvalue weighted by Gasteiger charge is -2.44. The molecule has 0 aliphatic heterocycles. The molecule has 0 saturated heterocycles. The van der Waals surface area contributed by atoms with Crippen LogP contribution in [0.3, 0.4) is 0 Å². The van der Waals surface area contributed by atoms with Gasteiger partial charge in [-0.3, -0.25) is 0 Å². The number of hydrogen-bond acceptors (Lipinski definition) is 1. The molecule has 1 aliphatic carbocycles. The predicted molar refractivity (Wildman–Crippen MR) is 67.9 cm³/mol. The smallest absolute Gasteiger partial charge is 0.118 e. The summed E-state index contributed by atoms with van der Waals surface area (Å²) in [4.78, 5) is 0. The summed E-state index contributed by atoms with van der Waals surface area (Å²) >= 11 is 0. The van der Waals surface area contributed by atoms with Crippen molar-refractivity contribution in [2.75, 3.05) is 7.11 Å². The van der Waals surface area contributed by atoms with E-state index in [0.717, 1.165) is 17.6 Å². The van der Waals surface area contributed by atoms with E-state index in [1.807, 2.05) is 0 Å². The molecule has 88 valence electrons. The quantitative estimate of drug-likeness (QED) is 0.721. The van der Waals surface area contributed by atoms with Crippen LogP contribution in [0, 0.1) is 11.3 Å². The fraction of sp³-hybridized carbons (Fsp3) is 0.600. The van der Waals surface area contributed by atoms with Gasteiger partial charge in [-0.1, -0.05) is 32.9 Å². The first kappa shape index (κ1) is 11.5. The van der Waals surface area contributed by atoms with Gasteiger partial charge in [-0.25, -0.2) is 0 Å². The highest BCUT2D eigenvalue weighted by molar-refractivity contribution is 5.30. The van der Waals surface area contributed by atoms with Crippen LogP contribution in [0.4, 0.5) is 0 Å². The summed E-state index contributed by atoms with van der Waals surface area (Å²) in [6, 6.07) is 8.56. The summed E-state index contributed by atoms with van der Waals surface area (Å²) < 4.78 is 5.18. The minimum absolute atomic E-state index is 0.475. The maximum Gasteiger partial charge on any atom is 0.118 e. The van der Waals surface area contributed by atoms with Crippen LogP contribution < -0.4 is 4.74 Å². The standard InChI is InChI=1S/C15H22O/c1-15(2,3)13-9-12(10-13)11-5-7-14(16-4)8-6-11/h5-8,12-13H,9-10H2,1-4H3. The topological polar surface area (TPSA) is 9.23 Å². The second-order valence-electron chi connectivity index (χ2n) is 6.00. The van der Waals surface area contributed by atoms with Crippen molar-refractivity contribution in [3.8, 4) is 5.75 Å². The lowest BCUT2D eigenvalue weighted by Crippen LogP contribution is -2.32. The van der Waals surface area contributed by atoms with Crippen LogP contribution in [-0.4, -0.2) is 7.11 Å². The number of rotatable bonds is 2. The third-order valence-electron chi connectivity index (χ3n) is 3.95. The van der Waals surface area contributed by atoms with Crippen molar-refractivity contribution in [2.24, 2.45) is 11.3 Å². The normalized spacial score (nSPS) is 25.0. The summed E-state index contributed by atoms with van der Waals surface area (Å²) in [5, 5.41) is 0. The molecular formula is C15H22O. The van der Waals surface area contributed by atoms with Gasteiger partial charge in [0.2, 0.25) is 0 Å². The number of benzene rings is 1. The van der Waals surface area contributed by atoms with E-state index in [9.17, 15) is 0 Å². The zero-order chi connectivity index (χ0) is 11.8. The molecule has 16 heavy (non-hydrogen) atoms. The van der Waals surface area contributed by atoms with E-state index < -0.39 is 0 Å². The highest BCUT2D eigenvalue weighted by Gasteiger charge is 2.37. The molecule has 0 atom stereocenters. The van der Waals surface area contributed by atoms with Crippen LogP contribution in [0.5, 0.6) is 5.75 Å². The van der Waals surface area contributed by atoms with Crippen LogP contribution in [0.25, 0.3) is 0 Å². The number of hydrogen-bond donors (Lipinski definition) is 0. The monoisotopic (exact) mass is 218 g/mol. The van der Waals surface area contributed by atoms with Crippen molar-refractivity contribution in [1.82, 2.24) is 0 Å². The maximum atomic E-state index is 5.18. The zero-order valence-electron chi connectivity index (χ0n) is 10.8. The third kappa shape index (κ3) is 2.23. The van der Waals surface area contributed by atoms with E-state index in [2.05, 4.69) is 45.0 Å². The van der Waals surface area contributed by atoms with E-state index in [-0.39, 0.29) is 0 Å². The van der Waals surface area contributed by atoms with Crippen molar-refractivity contribution >= 4 is 0 Å². The second kappa shape index (κ2) is 4.12. The minimum atomic E-state index is 0.475. The molecule has 1 aromatic rings. The van der Waals surface area contributed by atoms with Gasteiger partial charge in [0.25, 0.3) is 0 Å². The van der Waals surface area contributed by atoms with Gasteiger partial charge in [-0.2, -0.15) is 0 Å². The predicted octanol–water partition coefficient (Wildman–Crippen LogP) is 4.23. The summed E-state index contributed by atoms with van der Waals surface area (Å²) in [7, 11) is 1.72. The summed E-state index contributed by atoms with van der Waals surface area (Å²) in [5.74, 6) is 2.62. The molecule has 0 aromatic heterocycles. The molecule has 1 nitrogen and oxygen atoms in total. The van der Waals surface area contributed by atoms with Gasteiger partial charge in [0, 0.05) is 0 Å². The highest BCUT2D eigenvalue weighted by Crippen LogP contribution is 2.49. The van der Waals surface area contributed by atoms with Crippen LogP contribution in [-0.2, 0) is 0 Å². The van der Waals surface area contributed by atoms with Crippen molar-refractivity contribution in [2.45, 2.75) is 39.5 Å². The molecule has 1 saturated carbocycles. The lowest BCUT2D eigenvalue weighted by atomic mass is 9.61. The van der Waals surface area contributed by atoms with Gasteiger partial charge >= 0.3 is 0 Å². The Morgan fingerprint density at radius 2 is 1.62 bits per heavy atom. The fourth-order valence-electron chi connectivity index (χ4n) is 2.47. The Balaban J connectivity index is 1.96. The third-order valence-corrected chi connectivity index (χ3v) is 3.95. The molecule has 0 amide bonds. The summed E-state index contributed by atoms with van der Waals surface area (Å²) in [5.41, 5.74) is 1.95. The van der Waals surface area contributed by atoms with Gasteiger partial charge in [0.1, 0.15) is 5.75 Å². The molecular weight excluding hydrogens is 196 g/mol. The Kier molecular flexibility index (Phi) is 2.96. The Morgan fingerprint density at radius 1 is 1.06 bits per heavy atom. The molecule has 0 bridgehead atoms. The Hall–Kier alpha value is -0.980. The fourth-order valence-corrected chi connectivity index (χ4v) is 2.47. The number of ether oxygens (including phenoxy) is 1. The summed E-state index contributed by atoms with van der Waals surface area (Å²) in [6.45, 7) is 7.05. The number of methoxy groups -OCH3 is 1. The molecule has 0 unspecified atom stereocenters. The van der Waals surface area contributed by atoms with Crippen molar-refractivity contribution < 1.29 is 4.74 Å². The zero-order valence-corrected chi connectivity index (χ0v) is 10.8. The van der Waals surface area contributed by atoms with E-state index in [4.69, 9.17) is 4.74 Å². The van der Waals surface area contributed by atoms with Gasteiger partial charge in [-0.15, -0.1) is 0 Å². The Morgan fingerprint density at radius 3 is 2.06 bits per heavy atom. The molecule has 2 rings (SSSR count). The highest BCUT2D eigenvalue weighted by atomic mass is 16.5. The van der Waals surface area contributed by atoms with Gasteiger partial charge in [-0.05, 0) is 47.8 Å². The largest absolute Gasteiger partial charge is 0.497 e. The van der Waals surface area contributed by atoms with Gasteiger partial charge < -0.3 is 4.74 Å². The van der Waals surface area contributed by atoms with E-state index in [0.29, 0.717) is 5.41 Å². The average molecular weight is 218 g/mol. The van der Waals surface area contributed by atoms with E-state index in [1.54, 1.807) is 7.11 Å². The Labute approximate surface area is 98.8 Å². The van der Waals surface area contributed by atoms with Crippen molar-refractivity contribution in [3.05, 3.63) is 29.8 Å². The van der Waals surface area contributed by atoms with Crippen molar-refractivity contribution in [1.29, 1.82) is 0 Å². The molecule has 1 heteroatoms. The van der Waals surface area contributed by atoms with E-state index >= 15 is 0 Å². The van der Waals surface area contributed by atoms with Gasteiger partial charge in [0.15, 0.2) is 0 Å². The van der Waals surface area contributed by atoms with Crippen LogP contribution in [0.2, 0.25) is 0 Å². The molecule has 0 N–H and O–H groups in total. The minimum Gasteiger partial charge on any atom is -0.497 e. The first-order valence-corrected chi connectivity index (χ1v) is 6.14. The molecule has 0 radical (unpaired) electrons. The second-order valence-corrected chi connectivity index (χ2v) is 6.00. The maximum absolute atomic E-state index is 5.18. The van der Waals surface area contributed by atoms with Crippen LogP contribution in [0.15, 0.2) is 24.3 Å². The molecule has 0 heterocycles. The molecule has 0 spiro atoms. The molecule has 1 fully saturated rings. The van der Waals surface area contributed by atoms with Crippen LogP contribution in [0.1, 0.15) is 45.1 Å². The van der Waals surface area contributed by atoms with Crippen molar-refractivity contribution in [3.63, 3.8) is 0 Å². The molecule has 1 aliphatic rings. The van der Waals surface area contributed by atoms with E-state index in [1.165, 1.54) is 18.4 Å². The molecule has 1 aromatic carbocycles. The first-order valence-electron chi connectivity index (χ1n) is 6.14. The van der Waals surface area contributed by atoms with Crippen LogP contribution >= 0.6 is 0 Å².